The molecule has 6 atom stereocenters. The number of aliphatic hydroxyl groups is 3. The van der Waals surface area contributed by atoms with E-state index in [0.717, 1.165) is 57.8 Å². The van der Waals surface area contributed by atoms with Crippen molar-refractivity contribution in [3.63, 3.8) is 0 Å². The molecule has 1 saturated heterocycles. The summed E-state index contributed by atoms with van der Waals surface area (Å²) in [5.41, 5.74) is 0. The maximum atomic E-state index is 12.8. The van der Waals surface area contributed by atoms with Crippen LogP contribution < -0.4 is 0 Å². The summed E-state index contributed by atoms with van der Waals surface area (Å²) in [6.07, 6.45) is 38.8. The van der Waals surface area contributed by atoms with Gasteiger partial charge in [0.15, 0.2) is 12.4 Å². The second-order valence-electron chi connectivity index (χ2n) is 14.8. The minimum atomic E-state index is -1.25. The fourth-order valence-electron chi connectivity index (χ4n) is 6.25. The molecular weight excluding hydrogens is 696 g/mol. The van der Waals surface area contributed by atoms with Crippen molar-refractivity contribution in [2.24, 2.45) is 5.92 Å². The average molecular weight is 775 g/mol. The number of allylic oxidation sites excluding steroid dienone is 10. The zero-order valence-electron chi connectivity index (χ0n) is 34.7. The van der Waals surface area contributed by atoms with Crippen LogP contribution in [0.25, 0.3) is 0 Å². The number of esters is 2. The molecule has 1 heterocycles. The summed E-state index contributed by atoms with van der Waals surface area (Å²) < 4.78 is 22.7. The fourth-order valence-corrected chi connectivity index (χ4v) is 6.25. The first-order valence-electron chi connectivity index (χ1n) is 21.7. The third-order valence-corrected chi connectivity index (χ3v) is 9.76. The molecule has 0 aliphatic carbocycles. The van der Waals surface area contributed by atoms with Crippen LogP contribution in [0.2, 0.25) is 0 Å². The smallest absolute Gasteiger partial charge is 0.306 e. The van der Waals surface area contributed by atoms with Crippen LogP contribution in [-0.4, -0.2) is 77.8 Å². The molecule has 0 bridgehead atoms. The number of aliphatic hydroxyl groups excluding tert-OH is 3. The molecule has 0 spiro atoms. The van der Waals surface area contributed by atoms with Crippen LogP contribution >= 0.6 is 0 Å². The molecule has 0 aromatic rings. The first kappa shape index (κ1) is 50.5. The second kappa shape index (κ2) is 35.8. The highest BCUT2D eigenvalue weighted by atomic mass is 16.7. The molecule has 0 saturated carbocycles. The zero-order valence-corrected chi connectivity index (χ0v) is 34.7. The van der Waals surface area contributed by atoms with E-state index < -0.39 is 43.2 Å². The first-order chi connectivity index (χ1) is 26.8. The van der Waals surface area contributed by atoms with Crippen LogP contribution in [-0.2, 0) is 28.5 Å². The second-order valence-corrected chi connectivity index (χ2v) is 14.8. The Labute approximate surface area is 334 Å². The van der Waals surface area contributed by atoms with Crippen LogP contribution in [0.15, 0.2) is 60.8 Å². The van der Waals surface area contributed by atoms with Gasteiger partial charge in [0.05, 0.1) is 19.3 Å². The average Bonchev–Trinajstić information content (AvgIpc) is 3.18. The van der Waals surface area contributed by atoms with Crippen LogP contribution in [0.5, 0.6) is 0 Å². The molecule has 0 aromatic carbocycles. The molecule has 1 fully saturated rings. The third-order valence-electron chi connectivity index (χ3n) is 9.76. The maximum absolute atomic E-state index is 12.8. The number of unbranched alkanes of at least 4 members (excludes halogenated alkanes) is 13. The zero-order chi connectivity index (χ0) is 40.2. The fraction of sp³-hybridized carbons (Fsp3) is 0.739. The monoisotopic (exact) mass is 775 g/mol. The van der Waals surface area contributed by atoms with E-state index >= 15 is 0 Å². The molecule has 316 valence electrons. The topological polar surface area (TPSA) is 132 Å². The number of ether oxygens (including phenoxy) is 4. The highest BCUT2D eigenvalue weighted by Gasteiger charge is 2.42. The number of hydrogen-bond donors (Lipinski definition) is 3. The Morgan fingerprint density at radius 2 is 1.11 bits per heavy atom. The molecule has 1 aliphatic rings. The highest BCUT2D eigenvalue weighted by Crippen LogP contribution is 2.27. The Bertz CT molecular complexity index is 1080. The van der Waals surface area contributed by atoms with Gasteiger partial charge in [0.2, 0.25) is 0 Å². The van der Waals surface area contributed by atoms with Gasteiger partial charge in [0.25, 0.3) is 0 Å². The number of carbonyl (C=O) groups is 2. The van der Waals surface area contributed by atoms with E-state index in [1.807, 2.05) is 0 Å². The number of hydrogen-bond acceptors (Lipinski definition) is 9. The van der Waals surface area contributed by atoms with Gasteiger partial charge in [-0.05, 0) is 51.4 Å². The van der Waals surface area contributed by atoms with Gasteiger partial charge in [0.1, 0.15) is 18.8 Å². The normalized spacial score (nSPS) is 21.2. The van der Waals surface area contributed by atoms with Crippen molar-refractivity contribution < 1.29 is 43.9 Å². The lowest BCUT2D eigenvalue weighted by molar-refractivity contribution is -0.287. The van der Waals surface area contributed by atoms with Crippen LogP contribution in [0.3, 0.4) is 0 Å². The molecule has 0 amide bonds. The predicted molar refractivity (Wildman–Crippen MR) is 222 cm³/mol. The van der Waals surface area contributed by atoms with Gasteiger partial charge in [-0.2, -0.15) is 0 Å². The molecule has 3 N–H and O–H groups in total. The van der Waals surface area contributed by atoms with Gasteiger partial charge in [-0.3, -0.25) is 9.59 Å². The third kappa shape index (κ3) is 27.6. The van der Waals surface area contributed by atoms with E-state index in [1.54, 1.807) is 6.92 Å². The lowest BCUT2D eigenvalue weighted by Gasteiger charge is -2.40. The molecule has 55 heavy (non-hydrogen) atoms. The Morgan fingerprint density at radius 3 is 1.64 bits per heavy atom. The Hall–Kier alpha value is -2.56. The van der Waals surface area contributed by atoms with E-state index in [2.05, 4.69) is 74.6 Å². The molecule has 6 unspecified atom stereocenters. The van der Waals surface area contributed by atoms with Crippen molar-refractivity contribution in [1.29, 1.82) is 0 Å². The molecule has 0 radical (unpaired) electrons. The van der Waals surface area contributed by atoms with Crippen molar-refractivity contribution in [3.8, 4) is 0 Å². The Kier molecular flexibility index (Phi) is 32.9. The molecule has 1 aliphatic heterocycles. The summed E-state index contributed by atoms with van der Waals surface area (Å²) in [4.78, 5) is 25.3. The van der Waals surface area contributed by atoms with Gasteiger partial charge in [-0.25, -0.2) is 0 Å². The van der Waals surface area contributed by atoms with Crippen molar-refractivity contribution >= 4 is 11.9 Å². The van der Waals surface area contributed by atoms with Crippen LogP contribution in [0.1, 0.15) is 162 Å². The lowest BCUT2D eigenvalue weighted by Crippen LogP contribution is -2.55. The summed E-state index contributed by atoms with van der Waals surface area (Å²) in [6, 6.07) is 0. The maximum Gasteiger partial charge on any atom is 0.306 e. The summed E-state index contributed by atoms with van der Waals surface area (Å²) in [5, 5.41) is 30.1. The quantitative estimate of drug-likeness (QED) is 0.0332. The van der Waals surface area contributed by atoms with E-state index in [4.69, 9.17) is 18.9 Å². The van der Waals surface area contributed by atoms with E-state index in [9.17, 15) is 24.9 Å². The van der Waals surface area contributed by atoms with Crippen molar-refractivity contribution in [3.05, 3.63) is 60.8 Å². The van der Waals surface area contributed by atoms with E-state index in [-0.39, 0.29) is 38.0 Å². The Morgan fingerprint density at radius 1 is 0.618 bits per heavy atom. The Balaban J connectivity index is 2.40. The van der Waals surface area contributed by atoms with Crippen molar-refractivity contribution in [2.45, 2.75) is 193 Å². The SMILES string of the molecule is CC/C=C\C/C=C\C/C=C\C/C=C\C/C=C\CCCC(=O)OCC(COC1OC(CO)C(O)C(O)C1C)OC(=O)CCCCCCCCCCCCCCC. The van der Waals surface area contributed by atoms with Gasteiger partial charge >= 0.3 is 11.9 Å². The standard InChI is InChI=1S/C46H78O9/c1-4-6-8-10-12-14-16-18-19-20-21-23-24-26-28-30-32-34-42(48)52-37-40(38-53-46-39(3)44(50)45(51)41(36-47)55-46)54-43(49)35-33-31-29-27-25-22-17-15-13-11-9-7-5-2/h6,8,12,14,18-19,21,23,26,28,39-41,44-47,50-51H,4-5,7,9-11,13,15-17,20,22,24-25,27,29-38H2,1-3H3/b8-6-,14-12-,19-18-,23-21-,28-26-. The van der Waals surface area contributed by atoms with Gasteiger partial charge in [0, 0.05) is 18.8 Å². The van der Waals surface area contributed by atoms with E-state index in [1.165, 1.54) is 64.2 Å². The summed E-state index contributed by atoms with van der Waals surface area (Å²) in [5.74, 6) is -1.36. The number of carbonyl (C=O) groups excluding carboxylic acids is 2. The summed E-state index contributed by atoms with van der Waals surface area (Å²) in [6.45, 7) is 5.27. The highest BCUT2D eigenvalue weighted by molar-refractivity contribution is 5.70. The molecule has 9 heteroatoms. The minimum Gasteiger partial charge on any atom is -0.462 e. The van der Waals surface area contributed by atoms with Crippen molar-refractivity contribution in [1.82, 2.24) is 0 Å². The number of rotatable bonds is 34. The van der Waals surface area contributed by atoms with E-state index in [0.29, 0.717) is 6.42 Å². The molecule has 9 nitrogen and oxygen atoms in total. The molecular formula is C46H78O9. The molecule has 1 rings (SSSR count). The minimum absolute atomic E-state index is 0.131. The van der Waals surface area contributed by atoms with Crippen LogP contribution in [0, 0.1) is 5.92 Å². The predicted octanol–water partition coefficient (Wildman–Crippen LogP) is 9.94. The van der Waals surface area contributed by atoms with Gasteiger partial charge in [-0.15, -0.1) is 0 Å². The van der Waals surface area contributed by atoms with Gasteiger partial charge in [-0.1, -0.05) is 159 Å². The summed E-state index contributed by atoms with van der Waals surface area (Å²) in [7, 11) is 0. The van der Waals surface area contributed by atoms with Gasteiger partial charge < -0.3 is 34.3 Å². The first-order valence-corrected chi connectivity index (χ1v) is 21.7. The largest absolute Gasteiger partial charge is 0.462 e. The van der Waals surface area contributed by atoms with Crippen molar-refractivity contribution in [2.75, 3.05) is 19.8 Å². The summed E-state index contributed by atoms with van der Waals surface area (Å²) >= 11 is 0. The molecule has 0 aromatic heterocycles. The lowest BCUT2D eigenvalue weighted by atomic mass is 9.92. The van der Waals surface area contributed by atoms with Crippen LogP contribution in [0.4, 0.5) is 0 Å².